The van der Waals surface area contributed by atoms with Gasteiger partial charge in [0.15, 0.2) is 0 Å². The van der Waals surface area contributed by atoms with Crippen molar-refractivity contribution in [3.8, 4) is 0 Å². The van der Waals surface area contributed by atoms with Crippen LogP contribution in [0.2, 0.25) is 0 Å². The summed E-state index contributed by atoms with van der Waals surface area (Å²) in [6, 6.07) is 6.70. The van der Waals surface area contributed by atoms with Gasteiger partial charge in [-0.3, -0.25) is 0 Å². The molecule has 1 aromatic rings. The number of hydrogen-bond acceptors (Lipinski definition) is 3. The van der Waals surface area contributed by atoms with E-state index in [2.05, 4.69) is 4.72 Å². The number of rotatable bonds is 7. The van der Waals surface area contributed by atoms with Crippen LogP contribution in [-0.2, 0) is 10.0 Å². The molecule has 3 N–H and O–H groups in total. The summed E-state index contributed by atoms with van der Waals surface area (Å²) in [7, 11) is -3.42. The highest BCUT2D eigenvalue weighted by Crippen LogP contribution is 2.28. The molecule has 2 rings (SSSR count). The highest BCUT2D eigenvalue weighted by atomic mass is 32.2. The Morgan fingerprint density at radius 1 is 1.33 bits per heavy atom. The van der Waals surface area contributed by atoms with E-state index in [1.54, 1.807) is 18.2 Å². The predicted molar refractivity (Wildman–Crippen MR) is 85.4 cm³/mol. The Balaban J connectivity index is 1.87. The van der Waals surface area contributed by atoms with Gasteiger partial charge in [-0.15, -0.1) is 0 Å². The standard InChI is InChI=1S/C16H26N2O2S/c1-13(17)15-9-4-10-16(12-15)21(19,20)18-11-5-8-14-6-2-3-7-14/h4,9-10,12-14,18H,2-3,5-8,11,17H2,1H3. The fourth-order valence-electron chi connectivity index (χ4n) is 2.94. The van der Waals surface area contributed by atoms with Crippen LogP contribution in [0.15, 0.2) is 29.2 Å². The minimum atomic E-state index is -3.42. The second kappa shape index (κ2) is 7.38. The van der Waals surface area contributed by atoms with Crippen molar-refractivity contribution in [1.82, 2.24) is 4.72 Å². The molecule has 1 atom stereocenters. The van der Waals surface area contributed by atoms with E-state index in [9.17, 15) is 8.42 Å². The number of nitrogens with one attached hydrogen (secondary N) is 1. The van der Waals surface area contributed by atoms with Crippen molar-refractivity contribution in [1.29, 1.82) is 0 Å². The van der Waals surface area contributed by atoms with Crippen LogP contribution in [0.25, 0.3) is 0 Å². The zero-order valence-electron chi connectivity index (χ0n) is 12.7. The molecule has 1 aliphatic carbocycles. The van der Waals surface area contributed by atoms with E-state index in [-0.39, 0.29) is 6.04 Å². The Hall–Kier alpha value is -0.910. The first-order valence-electron chi connectivity index (χ1n) is 7.84. The summed E-state index contributed by atoms with van der Waals surface area (Å²) >= 11 is 0. The lowest BCUT2D eigenvalue weighted by atomic mass is 10.0. The summed E-state index contributed by atoms with van der Waals surface area (Å²) < 4.78 is 27.2. The number of nitrogens with two attached hydrogens (primary N) is 1. The molecule has 0 amide bonds. The molecule has 21 heavy (non-hydrogen) atoms. The molecule has 0 spiro atoms. The zero-order valence-corrected chi connectivity index (χ0v) is 13.5. The molecule has 0 aliphatic heterocycles. The SMILES string of the molecule is CC(N)c1cccc(S(=O)(=O)NCCCC2CCCC2)c1. The lowest BCUT2D eigenvalue weighted by Gasteiger charge is -2.11. The van der Waals surface area contributed by atoms with Crippen LogP contribution in [0.5, 0.6) is 0 Å². The van der Waals surface area contributed by atoms with Crippen LogP contribution < -0.4 is 10.5 Å². The van der Waals surface area contributed by atoms with Gasteiger partial charge in [0.1, 0.15) is 0 Å². The van der Waals surface area contributed by atoms with E-state index in [1.165, 1.54) is 25.7 Å². The maximum absolute atomic E-state index is 12.3. The minimum Gasteiger partial charge on any atom is -0.324 e. The van der Waals surface area contributed by atoms with Gasteiger partial charge in [-0.2, -0.15) is 0 Å². The monoisotopic (exact) mass is 310 g/mol. The molecule has 0 saturated heterocycles. The first-order chi connectivity index (χ1) is 9.99. The zero-order chi connectivity index (χ0) is 15.3. The number of benzene rings is 1. The van der Waals surface area contributed by atoms with Gasteiger partial charge in [0, 0.05) is 12.6 Å². The second-order valence-corrected chi connectivity index (χ2v) is 7.82. The lowest BCUT2D eigenvalue weighted by Crippen LogP contribution is -2.25. The van der Waals surface area contributed by atoms with E-state index in [4.69, 9.17) is 5.73 Å². The van der Waals surface area contributed by atoms with Crippen LogP contribution in [0.1, 0.15) is 57.1 Å². The van der Waals surface area contributed by atoms with Crippen LogP contribution >= 0.6 is 0 Å². The van der Waals surface area contributed by atoms with Gasteiger partial charge in [0.05, 0.1) is 4.90 Å². The Morgan fingerprint density at radius 3 is 2.71 bits per heavy atom. The Morgan fingerprint density at radius 2 is 2.05 bits per heavy atom. The average Bonchev–Trinajstić information content (AvgIpc) is 2.97. The topological polar surface area (TPSA) is 72.2 Å². The van der Waals surface area contributed by atoms with Gasteiger partial charge in [-0.1, -0.05) is 37.8 Å². The summed E-state index contributed by atoms with van der Waals surface area (Å²) in [6.07, 6.45) is 7.33. The van der Waals surface area contributed by atoms with Crippen molar-refractivity contribution in [3.05, 3.63) is 29.8 Å². The molecule has 0 aromatic heterocycles. The molecule has 1 aromatic carbocycles. The largest absolute Gasteiger partial charge is 0.324 e. The molecule has 5 heteroatoms. The molecule has 1 aliphatic rings. The molecule has 0 radical (unpaired) electrons. The molecule has 0 bridgehead atoms. The van der Waals surface area contributed by atoms with Gasteiger partial charge in [0.25, 0.3) is 0 Å². The summed E-state index contributed by atoms with van der Waals surface area (Å²) in [4.78, 5) is 0.304. The van der Waals surface area contributed by atoms with Crippen LogP contribution in [-0.4, -0.2) is 15.0 Å². The van der Waals surface area contributed by atoms with E-state index in [0.717, 1.165) is 24.3 Å². The molecule has 1 fully saturated rings. The number of sulfonamides is 1. The van der Waals surface area contributed by atoms with Gasteiger partial charge in [0.2, 0.25) is 10.0 Å². The fourth-order valence-corrected chi connectivity index (χ4v) is 4.07. The van der Waals surface area contributed by atoms with Crippen molar-refractivity contribution >= 4 is 10.0 Å². The summed E-state index contributed by atoms with van der Waals surface area (Å²) in [6.45, 7) is 2.36. The van der Waals surface area contributed by atoms with Crippen molar-refractivity contribution in [2.45, 2.75) is 56.4 Å². The van der Waals surface area contributed by atoms with Crippen LogP contribution in [0.3, 0.4) is 0 Å². The first kappa shape index (κ1) is 16.5. The van der Waals surface area contributed by atoms with Crippen molar-refractivity contribution < 1.29 is 8.42 Å². The Labute approximate surface area is 128 Å². The normalized spacial score (nSPS) is 18.0. The first-order valence-corrected chi connectivity index (χ1v) is 9.32. The maximum Gasteiger partial charge on any atom is 0.240 e. The molecule has 0 heterocycles. The molecule has 1 saturated carbocycles. The third kappa shape index (κ3) is 4.80. The van der Waals surface area contributed by atoms with E-state index in [0.29, 0.717) is 11.4 Å². The van der Waals surface area contributed by atoms with E-state index >= 15 is 0 Å². The highest BCUT2D eigenvalue weighted by Gasteiger charge is 2.17. The number of hydrogen-bond donors (Lipinski definition) is 2. The van der Waals surface area contributed by atoms with Crippen molar-refractivity contribution in [2.24, 2.45) is 11.7 Å². The summed E-state index contributed by atoms with van der Waals surface area (Å²) in [5.74, 6) is 0.802. The lowest BCUT2D eigenvalue weighted by molar-refractivity contribution is 0.480. The van der Waals surface area contributed by atoms with E-state index < -0.39 is 10.0 Å². The maximum atomic E-state index is 12.3. The van der Waals surface area contributed by atoms with Crippen LogP contribution in [0, 0.1) is 5.92 Å². The quantitative estimate of drug-likeness (QED) is 0.761. The average molecular weight is 310 g/mol. The third-order valence-corrected chi connectivity index (χ3v) is 5.71. The fraction of sp³-hybridized carbons (Fsp3) is 0.625. The highest BCUT2D eigenvalue weighted by molar-refractivity contribution is 7.89. The molecular formula is C16H26N2O2S. The van der Waals surface area contributed by atoms with Gasteiger partial charge in [-0.05, 0) is 43.4 Å². The Bertz CT molecular complexity index is 549. The van der Waals surface area contributed by atoms with Crippen molar-refractivity contribution in [3.63, 3.8) is 0 Å². The molecule has 1 unspecified atom stereocenters. The van der Waals surface area contributed by atoms with Gasteiger partial charge in [-0.25, -0.2) is 13.1 Å². The van der Waals surface area contributed by atoms with Gasteiger partial charge < -0.3 is 5.73 Å². The Kier molecular flexibility index (Phi) is 5.79. The molecular weight excluding hydrogens is 284 g/mol. The molecule has 118 valence electrons. The minimum absolute atomic E-state index is 0.164. The second-order valence-electron chi connectivity index (χ2n) is 6.05. The van der Waals surface area contributed by atoms with Crippen molar-refractivity contribution in [2.75, 3.05) is 6.54 Å². The predicted octanol–water partition coefficient (Wildman–Crippen LogP) is 2.96. The van der Waals surface area contributed by atoms with Crippen LogP contribution in [0.4, 0.5) is 0 Å². The summed E-state index contributed by atoms with van der Waals surface area (Å²) in [5, 5.41) is 0. The van der Waals surface area contributed by atoms with Gasteiger partial charge >= 0.3 is 0 Å². The summed E-state index contributed by atoms with van der Waals surface area (Å²) in [5.41, 5.74) is 6.64. The van der Waals surface area contributed by atoms with E-state index in [1.807, 2.05) is 13.0 Å². The molecule has 4 nitrogen and oxygen atoms in total. The third-order valence-electron chi connectivity index (χ3n) is 4.25. The smallest absolute Gasteiger partial charge is 0.240 e.